The number of anilines is 1. The SMILES string of the molecule is COC(=O)c1cccc(NC(=O)c2cc3c(s2)CCCCC3)c1O. The van der Waals surface area contributed by atoms with Crippen molar-refractivity contribution in [2.24, 2.45) is 0 Å². The fourth-order valence-electron chi connectivity index (χ4n) is 2.88. The Balaban J connectivity index is 1.82. The number of ether oxygens (including phenoxy) is 1. The normalized spacial score (nSPS) is 13.7. The highest BCUT2D eigenvalue weighted by molar-refractivity contribution is 7.14. The number of hydrogen-bond acceptors (Lipinski definition) is 5. The molecule has 126 valence electrons. The number of carbonyl (C=O) groups is 2. The van der Waals surface area contributed by atoms with E-state index in [0.717, 1.165) is 25.7 Å². The van der Waals surface area contributed by atoms with Gasteiger partial charge in [-0.3, -0.25) is 4.79 Å². The highest BCUT2D eigenvalue weighted by Crippen LogP contribution is 2.32. The van der Waals surface area contributed by atoms with Crippen molar-refractivity contribution in [1.29, 1.82) is 0 Å². The van der Waals surface area contributed by atoms with Crippen molar-refractivity contribution in [1.82, 2.24) is 0 Å². The molecule has 1 aromatic heterocycles. The quantitative estimate of drug-likeness (QED) is 0.504. The number of aryl methyl sites for hydroxylation is 2. The van der Waals surface area contributed by atoms with Crippen molar-refractivity contribution in [2.75, 3.05) is 12.4 Å². The number of fused-ring (bicyclic) bond motifs is 1. The van der Waals surface area contributed by atoms with Gasteiger partial charge in [0.1, 0.15) is 5.56 Å². The number of aromatic hydroxyl groups is 1. The molecule has 0 saturated carbocycles. The number of rotatable bonds is 3. The maximum atomic E-state index is 12.5. The monoisotopic (exact) mass is 345 g/mol. The zero-order valence-corrected chi connectivity index (χ0v) is 14.2. The van der Waals surface area contributed by atoms with Crippen LogP contribution in [-0.2, 0) is 17.6 Å². The van der Waals surface area contributed by atoms with E-state index in [1.165, 1.54) is 41.4 Å². The van der Waals surface area contributed by atoms with E-state index in [1.807, 2.05) is 6.07 Å². The molecule has 0 unspecified atom stereocenters. The number of phenolic OH excluding ortho intramolecular Hbond substituents is 1. The summed E-state index contributed by atoms with van der Waals surface area (Å²) in [5.74, 6) is -1.20. The molecule has 0 spiro atoms. The van der Waals surface area contributed by atoms with Crippen LogP contribution in [0.15, 0.2) is 24.3 Å². The molecule has 1 aromatic carbocycles. The van der Waals surface area contributed by atoms with Crippen LogP contribution in [0.25, 0.3) is 0 Å². The lowest BCUT2D eigenvalue weighted by atomic mass is 10.1. The first-order valence-corrected chi connectivity index (χ1v) is 8.75. The Hall–Kier alpha value is -2.34. The fraction of sp³-hybridized carbons (Fsp3) is 0.333. The standard InChI is InChI=1S/C18H19NO4S/c1-23-18(22)12-7-5-8-13(16(12)20)19-17(21)15-10-11-6-3-2-4-9-14(11)24-15/h5,7-8,10,20H,2-4,6,9H2,1H3,(H,19,21). The van der Waals surface area contributed by atoms with E-state index in [9.17, 15) is 14.7 Å². The molecule has 1 heterocycles. The molecule has 0 bridgehead atoms. The molecule has 2 aromatic rings. The first-order chi connectivity index (χ1) is 11.6. The zero-order valence-electron chi connectivity index (χ0n) is 13.4. The largest absolute Gasteiger partial charge is 0.505 e. The third kappa shape index (κ3) is 3.28. The van der Waals surface area contributed by atoms with Gasteiger partial charge in [0.15, 0.2) is 5.75 Å². The summed E-state index contributed by atoms with van der Waals surface area (Å²) >= 11 is 1.51. The summed E-state index contributed by atoms with van der Waals surface area (Å²) in [6.07, 6.45) is 5.60. The molecule has 1 amide bonds. The number of methoxy groups -OCH3 is 1. The molecular formula is C18H19NO4S. The topological polar surface area (TPSA) is 75.6 Å². The number of nitrogens with one attached hydrogen (secondary N) is 1. The van der Waals surface area contributed by atoms with E-state index in [1.54, 1.807) is 12.1 Å². The molecule has 0 saturated heterocycles. The lowest BCUT2D eigenvalue weighted by Crippen LogP contribution is -2.11. The minimum atomic E-state index is -0.647. The number of thiophene rings is 1. The minimum absolute atomic E-state index is 0.0252. The summed E-state index contributed by atoms with van der Waals surface area (Å²) in [5.41, 5.74) is 1.49. The molecule has 6 heteroatoms. The average Bonchev–Trinajstić information content (AvgIpc) is 2.87. The zero-order chi connectivity index (χ0) is 17.1. The lowest BCUT2D eigenvalue weighted by Gasteiger charge is -2.09. The second-order valence-electron chi connectivity index (χ2n) is 5.77. The highest BCUT2D eigenvalue weighted by Gasteiger charge is 2.19. The summed E-state index contributed by atoms with van der Waals surface area (Å²) < 4.78 is 4.62. The molecule has 24 heavy (non-hydrogen) atoms. The predicted octanol–water partition coefficient (Wildman–Crippen LogP) is 3.76. The molecule has 0 fully saturated rings. The molecule has 0 aliphatic heterocycles. The van der Waals surface area contributed by atoms with E-state index in [2.05, 4.69) is 10.1 Å². The first kappa shape index (κ1) is 16.5. The van der Waals surface area contributed by atoms with Gasteiger partial charge in [0.2, 0.25) is 0 Å². The average molecular weight is 345 g/mol. The van der Waals surface area contributed by atoms with E-state index < -0.39 is 5.97 Å². The molecule has 1 aliphatic rings. The van der Waals surface area contributed by atoms with Crippen molar-refractivity contribution in [3.05, 3.63) is 45.1 Å². The number of carbonyl (C=O) groups excluding carboxylic acids is 2. The van der Waals surface area contributed by atoms with Gasteiger partial charge in [0.05, 0.1) is 17.7 Å². The number of para-hydroxylation sites is 1. The smallest absolute Gasteiger partial charge is 0.341 e. The van der Waals surface area contributed by atoms with Gasteiger partial charge in [-0.05, 0) is 49.4 Å². The number of esters is 1. The number of amides is 1. The van der Waals surface area contributed by atoms with Crippen LogP contribution in [0.5, 0.6) is 5.75 Å². The van der Waals surface area contributed by atoms with Gasteiger partial charge in [-0.15, -0.1) is 11.3 Å². The Morgan fingerprint density at radius 3 is 2.79 bits per heavy atom. The van der Waals surface area contributed by atoms with Gasteiger partial charge in [0, 0.05) is 4.88 Å². The van der Waals surface area contributed by atoms with E-state index in [0.29, 0.717) is 4.88 Å². The minimum Gasteiger partial charge on any atom is -0.505 e. The van der Waals surface area contributed by atoms with Crippen LogP contribution in [0.1, 0.15) is 49.7 Å². The number of hydrogen-bond donors (Lipinski definition) is 2. The van der Waals surface area contributed by atoms with Crippen molar-refractivity contribution < 1.29 is 19.4 Å². The first-order valence-electron chi connectivity index (χ1n) is 7.93. The number of benzene rings is 1. The van der Waals surface area contributed by atoms with Gasteiger partial charge in [-0.1, -0.05) is 12.5 Å². The van der Waals surface area contributed by atoms with Crippen LogP contribution in [0.2, 0.25) is 0 Å². The van der Waals surface area contributed by atoms with Gasteiger partial charge in [-0.2, -0.15) is 0 Å². The van der Waals surface area contributed by atoms with Crippen LogP contribution < -0.4 is 5.32 Å². The lowest BCUT2D eigenvalue weighted by molar-refractivity contribution is 0.0597. The van der Waals surface area contributed by atoms with Crippen LogP contribution in [0.4, 0.5) is 5.69 Å². The molecule has 0 radical (unpaired) electrons. The van der Waals surface area contributed by atoms with Crippen LogP contribution in [0, 0.1) is 0 Å². The van der Waals surface area contributed by atoms with Gasteiger partial charge < -0.3 is 15.2 Å². The predicted molar refractivity (Wildman–Crippen MR) is 93.0 cm³/mol. The summed E-state index contributed by atoms with van der Waals surface area (Å²) in [7, 11) is 1.24. The van der Waals surface area contributed by atoms with Crippen molar-refractivity contribution in [3.63, 3.8) is 0 Å². The van der Waals surface area contributed by atoms with Crippen molar-refractivity contribution in [3.8, 4) is 5.75 Å². The summed E-state index contributed by atoms with van der Waals surface area (Å²) in [6.45, 7) is 0. The Morgan fingerprint density at radius 2 is 2.00 bits per heavy atom. The Bertz CT molecular complexity index is 758. The second-order valence-corrected chi connectivity index (χ2v) is 6.90. The maximum Gasteiger partial charge on any atom is 0.341 e. The molecule has 5 nitrogen and oxygen atoms in total. The molecule has 0 atom stereocenters. The van der Waals surface area contributed by atoms with E-state index in [4.69, 9.17) is 0 Å². The van der Waals surface area contributed by atoms with Gasteiger partial charge in [0.25, 0.3) is 5.91 Å². The van der Waals surface area contributed by atoms with Crippen molar-refractivity contribution >= 4 is 28.9 Å². The van der Waals surface area contributed by atoms with Crippen molar-refractivity contribution in [2.45, 2.75) is 32.1 Å². The van der Waals surface area contributed by atoms with E-state index in [-0.39, 0.29) is 22.9 Å². The summed E-state index contributed by atoms with van der Waals surface area (Å²) in [4.78, 5) is 26.0. The second kappa shape index (κ2) is 7.05. The van der Waals surface area contributed by atoms with E-state index >= 15 is 0 Å². The molecular weight excluding hydrogens is 326 g/mol. The van der Waals surface area contributed by atoms with Crippen LogP contribution >= 0.6 is 11.3 Å². The summed E-state index contributed by atoms with van der Waals surface area (Å²) in [6, 6.07) is 6.54. The molecule has 2 N–H and O–H groups in total. The number of phenols is 1. The Morgan fingerprint density at radius 1 is 1.21 bits per heavy atom. The fourth-order valence-corrected chi connectivity index (χ4v) is 4.03. The molecule has 1 aliphatic carbocycles. The van der Waals surface area contributed by atoms with Crippen LogP contribution in [0.3, 0.4) is 0 Å². The molecule has 3 rings (SSSR count). The Kier molecular flexibility index (Phi) is 4.85. The van der Waals surface area contributed by atoms with Gasteiger partial charge in [-0.25, -0.2) is 4.79 Å². The third-order valence-corrected chi connectivity index (χ3v) is 5.40. The highest BCUT2D eigenvalue weighted by atomic mass is 32.1. The Labute approximate surface area is 144 Å². The maximum absolute atomic E-state index is 12.5. The van der Waals surface area contributed by atoms with Crippen LogP contribution in [-0.4, -0.2) is 24.1 Å². The summed E-state index contributed by atoms with van der Waals surface area (Å²) in [5, 5.41) is 12.9. The third-order valence-electron chi connectivity index (χ3n) is 4.16. The van der Waals surface area contributed by atoms with Gasteiger partial charge >= 0.3 is 5.97 Å².